The van der Waals surface area contributed by atoms with Crippen molar-refractivity contribution in [2.75, 3.05) is 6.79 Å². The molecule has 0 spiro atoms. The molecule has 1 aromatic carbocycles. The molecule has 7 heteroatoms. The summed E-state index contributed by atoms with van der Waals surface area (Å²) in [5.41, 5.74) is 1.83. The highest BCUT2D eigenvalue weighted by molar-refractivity contribution is 5.97. The summed E-state index contributed by atoms with van der Waals surface area (Å²) in [7, 11) is 0. The highest BCUT2D eigenvalue weighted by Crippen LogP contribution is 2.33. The number of aromatic hydroxyl groups is 1. The van der Waals surface area contributed by atoms with Gasteiger partial charge in [-0.25, -0.2) is 0 Å². The summed E-state index contributed by atoms with van der Waals surface area (Å²) in [5.74, 6) is -0.532. The second kappa shape index (κ2) is 7.36. The number of carbonyl (C=O) groups excluding carboxylic acids is 1. The molecule has 0 radical (unpaired) electrons. The fourth-order valence-corrected chi connectivity index (χ4v) is 3.53. The molecule has 6 atom stereocenters. The molecule has 1 amide bonds. The summed E-state index contributed by atoms with van der Waals surface area (Å²) in [4.78, 5) is 12.5. The molecule has 142 valence electrons. The number of carbonyl (C=O) groups is 1. The Balaban J connectivity index is 1.73. The maximum Gasteiger partial charge on any atom is 0.247 e. The van der Waals surface area contributed by atoms with Gasteiger partial charge in [0.25, 0.3) is 0 Å². The average Bonchev–Trinajstić information content (AvgIpc) is 3.10. The minimum Gasteiger partial charge on any atom is -0.508 e. The Bertz CT molecular complexity index is 718. The third kappa shape index (κ3) is 3.48. The fourth-order valence-electron chi connectivity index (χ4n) is 3.53. The predicted octanol–water partition coefficient (Wildman–Crippen LogP) is 0.702. The van der Waals surface area contributed by atoms with Gasteiger partial charge in [-0.3, -0.25) is 4.79 Å². The highest BCUT2D eigenvalue weighted by atomic mass is 16.7. The SMILES string of the molecule is C/C(=C\c1ccc(C)c(O)c1)C(=O)NC1[C@@H](O)[C@@H]2OCO[C@@H]2[C@H](C)[C@H]1O. The van der Waals surface area contributed by atoms with Gasteiger partial charge in [0.05, 0.1) is 18.2 Å². The van der Waals surface area contributed by atoms with Crippen LogP contribution in [0.15, 0.2) is 23.8 Å². The Kier molecular flexibility index (Phi) is 5.34. The number of amides is 1. The number of hydrogen-bond donors (Lipinski definition) is 4. The van der Waals surface area contributed by atoms with E-state index >= 15 is 0 Å². The van der Waals surface area contributed by atoms with Crippen molar-refractivity contribution in [1.29, 1.82) is 0 Å². The standard InChI is InChI=1S/C19H25NO6/c1-9-4-5-12(7-13(9)21)6-10(2)19(24)20-14-15(22)11(3)17-18(16(14)23)26-8-25-17/h4-7,11,14-18,21-23H,8H2,1-3H3,(H,20,24)/b10-6+/t11-,14?,15-,16-,17-,18+/m1/s1. The molecular weight excluding hydrogens is 338 g/mol. The zero-order valence-electron chi connectivity index (χ0n) is 15.0. The van der Waals surface area contributed by atoms with Crippen LogP contribution in [0.25, 0.3) is 6.08 Å². The fraction of sp³-hybridized carbons (Fsp3) is 0.526. The quantitative estimate of drug-likeness (QED) is 0.589. The second-order valence-electron chi connectivity index (χ2n) is 7.09. The normalized spacial score (nSPS) is 34.4. The molecule has 1 unspecified atom stereocenters. The second-order valence-corrected chi connectivity index (χ2v) is 7.09. The van der Waals surface area contributed by atoms with E-state index in [0.29, 0.717) is 11.1 Å². The number of nitrogens with one attached hydrogen (secondary N) is 1. The van der Waals surface area contributed by atoms with E-state index in [1.54, 1.807) is 45.0 Å². The maximum atomic E-state index is 12.5. The zero-order valence-corrected chi connectivity index (χ0v) is 15.0. The first-order valence-corrected chi connectivity index (χ1v) is 8.67. The van der Waals surface area contributed by atoms with Gasteiger partial charge in [0.2, 0.25) is 5.91 Å². The molecule has 1 aromatic rings. The van der Waals surface area contributed by atoms with Crippen LogP contribution in [0.1, 0.15) is 25.0 Å². The topological polar surface area (TPSA) is 108 Å². The van der Waals surface area contributed by atoms with Gasteiger partial charge in [-0.05, 0) is 37.1 Å². The molecule has 2 fully saturated rings. The number of hydrogen-bond acceptors (Lipinski definition) is 6. The third-order valence-electron chi connectivity index (χ3n) is 5.25. The van der Waals surface area contributed by atoms with Crippen LogP contribution < -0.4 is 5.32 Å². The lowest BCUT2D eigenvalue weighted by molar-refractivity contribution is -0.133. The molecule has 1 aliphatic heterocycles. The third-order valence-corrected chi connectivity index (χ3v) is 5.25. The van der Waals surface area contributed by atoms with Gasteiger partial charge < -0.3 is 30.1 Å². The smallest absolute Gasteiger partial charge is 0.247 e. The van der Waals surface area contributed by atoms with Crippen molar-refractivity contribution in [2.24, 2.45) is 5.92 Å². The Labute approximate surface area is 152 Å². The van der Waals surface area contributed by atoms with Crippen LogP contribution in [-0.4, -0.2) is 58.5 Å². The van der Waals surface area contributed by atoms with Gasteiger partial charge >= 0.3 is 0 Å². The number of aryl methyl sites for hydroxylation is 1. The van der Waals surface area contributed by atoms with E-state index in [0.717, 1.165) is 5.56 Å². The first-order valence-electron chi connectivity index (χ1n) is 8.67. The highest BCUT2D eigenvalue weighted by Gasteiger charge is 2.52. The summed E-state index contributed by atoms with van der Waals surface area (Å²) in [6.45, 7) is 5.30. The number of phenols is 1. The van der Waals surface area contributed by atoms with Gasteiger partial charge in [-0.1, -0.05) is 19.1 Å². The summed E-state index contributed by atoms with van der Waals surface area (Å²) in [6, 6.07) is 4.29. The molecule has 1 saturated carbocycles. The maximum absolute atomic E-state index is 12.5. The lowest BCUT2D eigenvalue weighted by atomic mass is 9.78. The van der Waals surface area contributed by atoms with Gasteiger partial charge in [-0.15, -0.1) is 0 Å². The molecular formula is C19H25NO6. The summed E-state index contributed by atoms with van der Waals surface area (Å²) in [5, 5.41) is 33.4. The van der Waals surface area contributed by atoms with Crippen molar-refractivity contribution in [1.82, 2.24) is 5.32 Å². The van der Waals surface area contributed by atoms with Gasteiger partial charge in [0, 0.05) is 11.5 Å². The van der Waals surface area contributed by atoms with Crippen molar-refractivity contribution in [3.05, 3.63) is 34.9 Å². The minimum atomic E-state index is -1.06. The molecule has 1 aliphatic carbocycles. The zero-order chi connectivity index (χ0) is 19.0. The molecule has 1 heterocycles. The van der Waals surface area contributed by atoms with Crippen LogP contribution in [0.3, 0.4) is 0 Å². The first kappa shape index (κ1) is 18.8. The van der Waals surface area contributed by atoms with Crippen LogP contribution in [0.2, 0.25) is 0 Å². The number of phenolic OH excluding ortho intramolecular Hbond substituents is 1. The van der Waals surface area contributed by atoms with E-state index in [-0.39, 0.29) is 24.6 Å². The van der Waals surface area contributed by atoms with E-state index in [1.807, 2.05) is 0 Å². The van der Waals surface area contributed by atoms with Crippen LogP contribution in [0, 0.1) is 12.8 Å². The largest absolute Gasteiger partial charge is 0.508 e. The molecule has 0 aromatic heterocycles. The van der Waals surface area contributed by atoms with E-state index in [9.17, 15) is 20.1 Å². The number of aliphatic hydroxyl groups is 2. The predicted molar refractivity (Wildman–Crippen MR) is 94.2 cm³/mol. The number of aliphatic hydroxyl groups excluding tert-OH is 2. The minimum absolute atomic E-state index is 0.0694. The number of ether oxygens (including phenoxy) is 2. The average molecular weight is 363 g/mol. The lowest BCUT2D eigenvalue weighted by Crippen LogP contribution is -2.64. The van der Waals surface area contributed by atoms with Crippen LogP contribution in [0.5, 0.6) is 5.75 Å². The lowest BCUT2D eigenvalue weighted by Gasteiger charge is -2.42. The van der Waals surface area contributed by atoms with Crippen molar-refractivity contribution in [2.45, 2.75) is 51.2 Å². The Morgan fingerprint density at radius 3 is 2.62 bits per heavy atom. The van der Waals surface area contributed by atoms with Crippen LogP contribution >= 0.6 is 0 Å². The van der Waals surface area contributed by atoms with Gasteiger partial charge in [0.15, 0.2) is 0 Å². The molecule has 26 heavy (non-hydrogen) atoms. The summed E-state index contributed by atoms with van der Waals surface area (Å²) >= 11 is 0. The molecule has 1 saturated heterocycles. The van der Waals surface area contributed by atoms with Gasteiger partial charge in [0.1, 0.15) is 24.8 Å². The molecule has 7 nitrogen and oxygen atoms in total. The van der Waals surface area contributed by atoms with Crippen molar-refractivity contribution in [3.8, 4) is 5.75 Å². The number of fused-ring (bicyclic) bond motifs is 1. The Hall–Kier alpha value is -1.93. The number of rotatable bonds is 3. The summed E-state index contributed by atoms with van der Waals surface area (Å²) < 4.78 is 10.8. The monoisotopic (exact) mass is 363 g/mol. The van der Waals surface area contributed by atoms with E-state index < -0.39 is 30.3 Å². The van der Waals surface area contributed by atoms with Crippen molar-refractivity contribution >= 4 is 12.0 Å². The molecule has 2 aliphatic rings. The van der Waals surface area contributed by atoms with E-state index in [4.69, 9.17) is 9.47 Å². The van der Waals surface area contributed by atoms with E-state index in [1.165, 1.54) is 0 Å². The Morgan fingerprint density at radius 1 is 1.23 bits per heavy atom. The van der Waals surface area contributed by atoms with Crippen LogP contribution in [-0.2, 0) is 14.3 Å². The van der Waals surface area contributed by atoms with Crippen molar-refractivity contribution < 1.29 is 29.6 Å². The summed E-state index contributed by atoms with van der Waals surface area (Å²) in [6.07, 6.45) is -1.34. The molecule has 3 rings (SSSR count). The first-order chi connectivity index (χ1) is 12.3. The van der Waals surface area contributed by atoms with Gasteiger partial charge in [-0.2, -0.15) is 0 Å². The van der Waals surface area contributed by atoms with E-state index in [2.05, 4.69) is 5.32 Å². The Morgan fingerprint density at radius 2 is 1.92 bits per heavy atom. The molecule has 4 N–H and O–H groups in total. The van der Waals surface area contributed by atoms with Crippen LogP contribution in [0.4, 0.5) is 0 Å². The molecule has 0 bridgehead atoms. The number of benzene rings is 1. The van der Waals surface area contributed by atoms with Crippen molar-refractivity contribution in [3.63, 3.8) is 0 Å².